The average Bonchev–Trinajstić information content (AvgIpc) is 2.88. The molecule has 1 saturated heterocycles. The van der Waals surface area contributed by atoms with Gasteiger partial charge in [0.2, 0.25) is 10.0 Å². The average molecular weight is 333 g/mol. The Balaban J connectivity index is 2.37. The van der Waals surface area contributed by atoms with E-state index in [1.54, 1.807) is 25.0 Å². The van der Waals surface area contributed by atoms with Gasteiger partial charge in [-0.05, 0) is 31.0 Å². The number of nitrogens with two attached hydrogens (primary N) is 1. The number of rotatable bonds is 3. The van der Waals surface area contributed by atoms with Gasteiger partial charge in [0.15, 0.2) is 0 Å². The van der Waals surface area contributed by atoms with E-state index < -0.39 is 10.0 Å². The highest BCUT2D eigenvalue weighted by molar-refractivity contribution is 7.89. The maximum atomic E-state index is 12.4. The molecule has 21 heavy (non-hydrogen) atoms. The fourth-order valence-electron chi connectivity index (χ4n) is 2.36. The molecule has 2 rings (SSSR count). The van der Waals surface area contributed by atoms with Crippen molar-refractivity contribution in [3.8, 4) is 0 Å². The third-order valence-electron chi connectivity index (χ3n) is 3.54. The Kier molecular flexibility index (Phi) is 4.57. The van der Waals surface area contributed by atoms with Gasteiger partial charge in [0, 0.05) is 25.8 Å². The molecule has 0 bridgehead atoms. The molecule has 0 aromatic heterocycles. The van der Waals surface area contributed by atoms with Crippen LogP contribution in [0.25, 0.3) is 0 Å². The number of carbonyl (C=O) groups excluding carboxylic acids is 1. The van der Waals surface area contributed by atoms with E-state index in [0.717, 1.165) is 6.42 Å². The molecule has 1 amide bonds. The third-order valence-corrected chi connectivity index (χ3v) is 5.09. The van der Waals surface area contributed by atoms with Crippen LogP contribution in [0.3, 0.4) is 0 Å². The molecular weight excluding hydrogens is 316 g/mol. The molecule has 8 heteroatoms. The van der Waals surface area contributed by atoms with Crippen LogP contribution in [-0.4, -0.2) is 45.5 Å². The SMILES string of the molecule is COC1CCN(C(=O)c2cc(C)c(Cl)c(S(N)(=O)=O)c2)C1. The van der Waals surface area contributed by atoms with Gasteiger partial charge in [-0.1, -0.05) is 11.6 Å². The van der Waals surface area contributed by atoms with Crippen molar-refractivity contribution in [3.05, 3.63) is 28.3 Å². The Morgan fingerprint density at radius 3 is 2.67 bits per heavy atom. The molecule has 0 aliphatic carbocycles. The van der Waals surface area contributed by atoms with E-state index in [1.807, 2.05) is 0 Å². The molecule has 0 radical (unpaired) electrons. The molecular formula is C13H17ClN2O4S. The van der Waals surface area contributed by atoms with E-state index in [4.69, 9.17) is 21.5 Å². The predicted octanol–water partition coefficient (Wildman–Crippen LogP) is 1.16. The summed E-state index contributed by atoms with van der Waals surface area (Å²) in [4.78, 5) is 13.8. The summed E-state index contributed by atoms with van der Waals surface area (Å²) >= 11 is 5.96. The maximum Gasteiger partial charge on any atom is 0.253 e. The van der Waals surface area contributed by atoms with Gasteiger partial charge in [0.05, 0.1) is 11.1 Å². The van der Waals surface area contributed by atoms with E-state index in [-0.39, 0.29) is 27.5 Å². The summed E-state index contributed by atoms with van der Waals surface area (Å²) < 4.78 is 28.3. The van der Waals surface area contributed by atoms with Gasteiger partial charge in [0.1, 0.15) is 4.90 Å². The minimum absolute atomic E-state index is 0.0139. The molecule has 0 saturated carbocycles. The van der Waals surface area contributed by atoms with Crippen LogP contribution in [0.1, 0.15) is 22.3 Å². The van der Waals surface area contributed by atoms with Crippen molar-refractivity contribution in [2.75, 3.05) is 20.2 Å². The zero-order valence-electron chi connectivity index (χ0n) is 11.8. The summed E-state index contributed by atoms with van der Waals surface area (Å²) in [7, 11) is -2.38. The van der Waals surface area contributed by atoms with Crippen LogP contribution in [0.5, 0.6) is 0 Å². The maximum absolute atomic E-state index is 12.4. The number of carbonyl (C=O) groups is 1. The number of ether oxygens (including phenoxy) is 1. The van der Waals surface area contributed by atoms with Crippen LogP contribution in [0.4, 0.5) is 0 Å². The molecule has 1 aliphatic rings. The second-order valence-electron chi connectivity index (χ2n) is 5.05. The van der Waals surface area contributed by atoms with Crippen molar-refractivity contribution >= 4 is 27.5 Å². The minimum Gasteiger partial charge on any atom is -0.380 e. The van der Waals surface area contributed by atoms with Gasteiger partial charge in [-0.3, -0.25) is 4.79 Å². The van der Waals surface area contributed by atoms with Gasteiger partial charge in [-0.25, -0.2) is 13.6 Å². The second-order valence-corrected chi connectivity index (χ2v) is 6.96. The summed E-state index contributed by atoms with van der Waals surface area (Å²) in [6.07, 6.45) is 0.775. The summed E-state index contributed by atoms with van der Waals surface area (Å²) in [6.45, 7) is 2.70. The standard InChI is InChI=1S/C13H17ClN2O4S/c1-8-5-9(6-11(12(8)14)21(15,18)19)13(17)16-4-3-10(7-16)20-2/h5-6,10H,3-4,7H2,1-2H3,(H2,15,18,19). The largest absolute Gasteiger partial charge is 0.380 e. The molecule has 1 atom stereocenters. The van der Waals surface area contributed by atoms with Gasteiger partial charge < -0.3 is 9.64 Å². The second kappa shape index (κ2) is 5.92. The van der Waals surface area contributed by atoms with E-state index >= 15 is 0 Å². The van der Waals surface area contributed by atoms with E-state index in [1.165, 1.54) is 6.07 Å². The molecule has 1 fully saturated rings. The number of aryl methyl sites for hydroxylation is 1. The number of hydrogen-bond donors (Lipinski definition) is 1. The van der Waals surface area contributed by atoms with Crippen LogP contribution < -0.4 is 5.14 Å². The number of halogens is 1. The number of benzene rings is 1. The highest BCUT2D eigenvalue weighted by atomic mass is 35.5. The van der Waals surface area contributed by atoms with Crippen molar-refractivity contribution < 1.29 is 17.9 Å². The Labute approximate surface area is 128 Å². The van der Waals surface area contributed by atoms with Crippen molar-refractivity contribution in [1.82, 2.24) is 4.90 Å². The first-order chi connectivity index (χ1) is 9.74. The summed E-state index contributed by atoms with van der Waals surface area (Å²) in [5, 5.41) is 5.18. The minimum atomic E-state index is -3.98. The number of methoxy groups -OCH3 is 1. The molecule has 1 unspecified atom stereocenters. The van der Waals surface area contributed by atoms with Gasteiger partial charge in [0.25, 0.3) is 5.91 Å². The lowest BCUT2D eigenvalue weighted by Crippen LogP contribution is -2.30. The highest BCUT2D eigenvalue weighted by Crippen LogP contribution is 2.27. The smallest absolute Gasteiger partial charge is 0.253 e. The highest BCUT2D eigenvalue weighted by Gasteiger charge is 2.28. The Hall–Kier alpha value is -1.15. The molecule has 6 nitrogen and oxygen atoms in total. The van der Waals surface area contributed by atoms with E-state index in [2.05, 4.69) is 0 Å². The first-order valence-electron chi connectivity index (χ1n) is 6.39. The van der Waals surface area contributed by atoms with Crippen LogP contribution in [-0.2, 0) is 14.8 Å². The summed E-state index contributed by atoms with van der Waals surface area (Å²) in [6, 6.07) is 2.80. The molecule has 1 heterocycles. The molecule has 1 aromatic rings. The van der Waals surface area contributed by atoms with Crippen LogP contribution in [0.15, 0.2) is 17.0 Å². The Morgan fingerprint density at radius 2 is 2.14 bits per heavy atom. The zero-order chi connectivity index (χ0) is 15.8. The monoisotopic (exact) mass is 332 g/mol. The van der Waals surface area contributed by atoms with Crippen molar-refractivity contribution in [2.45, 2.75) is 24.3 Å². The fourth-order valence-corrected chi connectivity index (χ4v) is 3.49. The Bertz CT molecular complexity index is 675. The summed E-state index contributed by atoms with van der Waals surface area (Å²) in [5.74, 6) is -0.251. The van der Waals surface area contributed by atoms with Gasteiger partial charge in [-0.2, -0.15) is 0 Å². The lowest BCUT2D eigenvalue weighted by atomic mass is 10.1. The molecule has 116 valence electrons. The Morgan fingerprint density at radius 1 is 1.48 bits per heavy atom. The number of nitrogens with zero attached hydrogens (tertiary/aromatic N) is 1. The molecule has 1 aliphatic heterocycles. The third kappa shape index (κ3) is 3.37. The summed E-state index contributed by atoms with van der Waals surface area (Å²) in [5.41, 5.74) is 0.756. The number of amides is 1. The van der Waals surface area contributed by atoms with Crippen molar-refractivity contribution in [2.24, 2.45) is 5.14 Å². The van der Waals surface area contributed by atoms with E-state index in [0.29, 0.717) is 18.7 Å². The first-order valence-corrected chi connectivity index (χ1v) is 8.31. The van der Waals surface area contributed by atoms with Gasteiger partial charge in [-0.15, -0.1) is 0 Å². The van der Waals surface area contributed by atoms with E-state index in [9.17, 15) is 13.2 Å². The zero-order valence-corrected chi connectivity index (χ0v) is 13.4. The number of likely N-dealkylation sites (tertiary alicyclic amines) is 1. The number of primary sulfonamides is 1. The van der Waals surface area contributed by atoms with Crippen LogP contribution >= 0.6 is 11.6 Å². The van der Waals surface area contributed by atoms with Crippen LogP contribution in [0.2, 0.25) is 5.02 Å². The van der Waals surface area contributed by atoms with Gasteiger partial charge >= 0.3 is 0 Å². The van der Waals surface area contributed by atoms with Crippen molar-refractivity contribution in [1.29, 1.82) is 0 Å². The lowest BCUT2D eigenvalue weighted by molar-refractivity contribution is 0.0724. The lowest BCUT2D eigenvalue weighted by Gasteiger charge is -2.17. The first kappa shape index (κ1) is 16.2. The molecule has 2 N–H and O–H groups in total. The van der Waals surface area contributed by atoms with Crippen LogP contribution in [0, 0.1) is 6.92 Å². The molecule has 1 aromatic carbocycles. The number of hydrogen-bond acceptors (Lipinski definition) is 4. The predicted molar refractivity (Wildman–Crippen MR) is 78.9 cm³/mol. The quantitative estimate of drug-likeness (QED) is 0.899. The normalized spacial score (nSPS) is 19.0. The topological polar surface area (TPSA) is 89.7 Å². The van der Waals surface area contributed by atoms with Crippen molar-refractivity contribution in [3.63, 3.8) is 0 Å². The number of sulfonamides is 1. The molecule has 0 spiro atoms. The fraction of sp³-hybridized carbons (Fsp3) is 0.462.